The van der Waals surface area contributed by atoms with Gasteiger partial charge in [-0.1, -0.05) is 0 Å². The first-order chi connectivity index (χ1) is 12.1. The first kappa shape index (κ1) is 21.3. The quantitative estimate of drug-likeness (QED) is 0.609. The molecular formula is C18H26N2O6. The molecular weight excluding hydrogens is 340 g/mol. The van der Waals surface area contributed by atoms with E-state index in [2.05, 4.69) is 10.6 Å². The minimum Gasteiger partial charge on any atom is -0.493 e. The summed E-state index contributed by atoms with van der Waals surface area (Å²) < 4.78 is 10.6. The molecule has 0 radical (unpaired) electrons. The maximum Gasteiger partial charge on any atom is 0.310 e. The molecule has 3 N–H and O–H groups in total. The fourth-order valence-corrected chi connectivity index (χ4v) is 1.91. The van der Waals surface area contributed by atoms with Crippen LogP contribution in [0.4, 0.5) is 0 Å². The topological polar surface area (TPSA) is 114 Å². The second-order valence-corrected chi connectivity index (χ2v) is 6.75. The van der Waals surface area contributed by atoms with Crippen LogP contribution >= 0.6 is 0 Å². The van der Waals surface area contributed by atoms with Crippen LogP contribution in [0.3, 0.4) is 0 Å². The Morgan fingerprint density at radius 3 is 2.38 bits per heavy atom. The van der Waals surface area contributed by atoms with Crippen molar-refractivity contribution in [2.45, 2.75) is 33.7 Å². The molecule has 0 saturated heterocycles. The average Bonchev–Trinajstić information content (AvgIpc) is 2.57. The van der Waals surface area contributed by atoms with E-state index in [1.807, 2.05) is 13.8 Å². The number of benzene rings is 1. The zero-order valence-electron chi connectivity index (χ0n) is 15.7. The van der Waals surface area contributed by atoms with Crippen molar-refractivity contribution in [3.8, 4) is 11.5 Å². The fraction of sp³-hybridized carbons (Fsp3) is 0.500. The molecule has 0 saturated carbocycles. The molecule has 8 heteroatoms. The first-order valence-electron chi connectivity index (χ1n) is 8.18. The van der Waals surface area contributed by atoms with Gasteiger partial charge >= 0.3 is 5.97 Å². The number of amides is 2. The largest absolute Gasteiger partial charge is 0.493 e. The number of ether oxygens (including phenoxy) is 2. The van der Waals surface area contributed by atoms with Gasteiger partial charge < -0.3 is 25.2 Å². The highest BCUT2D eigenvalue weighted by Gasteiger charge is 2.27. The lowest BCUT2D eigenvalue weighted by atomic mass is 9.94. The Labute approximate surface area is 152 Å². The molecule has 0 aliphatic rings. The Morgan fingerprint density at radius 1 is 1.19 bits per heavy atom. The third-order valence-electron chi connectivity index (χ3n) is 3.50. The Morgan fingerprint density at radius 2 is 1.85 bits per heavy atom. The zero-order chi connectivity index (χ0) is 19.9. The van der Waals surface area contributed by atoms with Gasteiger partial charge in [0.2, 0.25) is 0 Å². The highest BCUT2D eigenvalue weighted by atomic mass is 16.5. The van der Waals surface area contributed by atoms with Crippen LogP contribution in [0.5, 0.6) is 11.5 Å². The molecule has 0 aliphatic carbocycles. The highest BCUT2D eigenvalue weighted by Crippen LogP contribution is 2.28. The molecule has 2 amide bonds. The molecule has 0 unspecified atom stereocenters. The van der Waals surface area contributed by atoms with Gasteiger partial charge in [-0.3, -0.25) is 14.4 Å². The smallest absolute Gasteiger partial charge is 0.310 e. The SMILES string of the molecule is COc1cc(C(=O)NCC(C)(C)C(=O)O)ccc1OCC(=O)NC(C)C. The predicted molar refractivity (Wildman–Crippen MR) is 95.5 cm³/mol. The van der Waals surface area contributed by atoms with Crippen molar-refractivity contribution in [1.29, 1.82) is 0 Å². The van der Waals surface area contributed by atoms with Crippen molar-refractivity contribution in [1.82, 2.24) is 10.6 Å². The molecule has 0 atom stereocenters. The van der Waals surface area contributed by atoms with E-state index in [9.17, 15) is 14.4 Å². The van der Waals surface area contributed by atoms with Gasteiger partial charge in [-0.15, -0.1) is 0 Å². The summed E-state index contributed by atoms with van der Waals surface area (Å²) in [6.45, 7) is 6.55. The Kier molecular flexibility index (Phi) is 7.42. The van der Waals surface area contributed by atoms with Crippen LogP contribution in [0.25, 0.3) is 0 Å². The molecule has 0 heterocycles. The number of carbonyl (C=O) groups is 3. The number of carboxylic acid groups (broad SMARTS) is 1. The van der Waals surface area contributed by atoms with E-state index in [1.165, 1.54) is 39.2 Å². The number of aliphatic carboxylic acids is 1. The maximum absolute atomic E-state index is 12.2. The van der Waals surface area contributed by atoms with E-state index >= 15 is 0 Å². The number of nitrogens with one attached hydrogen (secondary N) is 2. The van der Waals surface area contributed by atoms with Crippen molar-refractivity contribution in [2.75, 3.05) is 20.3 Å². The normalized spacial score (nSPS) is 11.0. The standard InChI is InChI=1S/C18H26N2O6/c1-11(2)20-15(21)9-26-13-7-6-12(8-14(13)25-5)16(22)19-10-18(3,4)17(23)24/h6-8,11H,9-10H2,1-5H3,(H,19,22)(H,20,21)(H,23,24). The molecule has 1 aromatic rings. The lowest BCUT2D eigenvalue weighted by Gasteiger charge is -2.19. The fourth-order valence-electron chi connectivity index (χ4n) is 1.91. The molecule has 0 aliphatic heterocycles. The summed E-state index contributed by atoms with van der Waals surface area (Å²) in [5.41, 5.74) is -0.783. The molecule has 26 heavy (non-hydrogen) atoms. The number of carbonyl (C=O) groups excluding carboxylic acids is 2. The van der Waals surface area contributed by atoms with E-state index in [-0.39, 0.29) is 25.1 Å². The Bertz CT molecular complexity index is 670. The van der Waals surface area contributed by atoms with Crippen LogP contribution in [0, 0.1) is 5.41 Å². The summed E-state index contributed by atoms with van der Waals surface area (Å²) in [6.07, 6.45) is 0. The Hall–Kier alpha value is -2.77. The van der Waals surface area contributed by atoms with Crippen LogP contribution in [-0.2, 0) is 9.59 Å². The van der Waals surface area contributed by atoms with Crippen molar-refractivity contribution in [3.63, 3.8) is 0 Å². The second kappa shape index (κ2) is 9.07. The van der Waals surface area contributed by atoms with Crippen molar-refractivity contribution < 1.29 is 29.0 Å². The Balaban J connectivity index is 2.77. The van der Waals surface area contributed by atoms with Gasteiger partial charge in [-0.05, 0) is 45.9 Å². The van der Waals surface area contributed by atoms with Gasteiger partial charge in [-0.25, -0.2) is 0 Å². The molecule has 1 aromatic carbocycles. The zero-order valence-corrected chi connectivity index (χ0v) is 15.7. The minimum absolute atomic E-state index is 0.00844. The summed E-state index contributed by atoms with van der Waals surface area (Å²) in [6, 6.07) is 4.52. The molecule has 0 aromatic heterocycles. The number of rotatable bonds is 9. The van der Waals surface area contributed by atoms with Gasteiger partial charge in [0.1, 0.15) is 0 Å². The van der Waals surface area contributed by atoms with E-state index in [0.717, 1.165) is 0 Å². The van der Waals surface area contributed by atoms with Crippen molar-refractivity contribution in [2.24, 2.45) is 5.41 Å². The third kappa shape index (κ3) is 6.27. The van der Waals surface area contributed by atoms with Crippen LogP contribution in [0.1, 0.15) is 38.1 Å². The van der Waals surface area contributed by atoms with Crippen LogP contribution in [0.2, 0.25) is 0 Å². The molecule has 144 valence electrons. The molecule has 1 rings (SSSR count). The van der Waals surface area contributed by atoms with Crippen molar-refractivity contribution in [3.05, 3.63) is 23.8 Å². The predicted octanol–water partition coefficient (Wildman–Crippen LogP) is 1.44. The first-order valence-corrected chi connectivity index (χ1v) is 8.18. The molecule has 8 nitrogen and oxygen atoms in total. The highest BCUT2D eigenvalue weighted by molar-refractivity contribution is 5.95. The van der Waals surface area contributed by atoms with Gasteiger partial charge in [0.25, 0.3) is 11.8 Å². The number of methoxy groups -OCH3 is 1. The van der Waals surface area contributed by atoms with E-state index in [0.29, 0.717) is 17.1 Å². The van der Waals surface area contributed by atoms with Crippen LogP contribution < -0.4 is 20.1 Å². The van der Waals surface area contributed by atoms with Gasteiger partial charge in [-0.2, -0.15) is 0 Å². The number of hydrogen-bond acceptors (Lipinski definition) is 5. The lowest BCUT2D eigenvalue weighted by molar-refractivity contribution is -0.146. The van der Waals surface area contributed by atoms with Crippen LogP contribution in [0.15, 0.2) is 18.2 Å². The van der Waals surface area contributed by atoms with Gasteiger partial charge in [0.15, 0.2) is 18.1 Å². The summed E-state index contributed by atoms with van der Waals surface area (Å²) in [5, 5.41) is 14.4. The van der Waals surface area contributed by atoms with E-state index < -0.39 is 17.3 Å². The van der Waals surface area contributed by atoms with Crippen molar-refractivity contribution >= 4 is 17.8 Å². The minimum atomic E-state index is -1.08. The van der Waals surface area contributed by atoms with E-state index in [1.54, 1.807) is 0 Å². The monoisotopic (exact) mass is 366 g/mol. The lowest BCUT2D eigenvalue weighted by Crippen LogP contribution is -2.38. The maximum atomic E-state index is 12.2. The summed E-state index contributed by atoms with van der Waals surface area (Å²) in [4.78, 5) is 35.0. The number of carboxylic acids is 1. The average molecular weight is 366 g/mol. The van der Waals surface area contributed by atoms with Gasteiger partial charge in [0, 0.05) is 18.2 Å². The van der Waals surface area contributed by atoms with Gasteiger partial charge in [0.05, 0.1) is 12.5 Å². The summed E-state index contributed by atoms with van der Waals surface area (Å²) in [7, 11) is 1.42. The summed E-state index contributed by atoms with van der Waals surface area (Å²) in [5.74, 6) is -1.07. The second-order valence-electron chi connectivity index (χ2n) is 6.75. The van der Waals surface area contributed by atoms with Crippen LogP contribution in [-0.4, -0.2) is 49.2 Å². The molecule has 0 spiro atoms. The third-order valence-corrected chi connectivity index (χ3v) is 3.50. The van der Waals surface area contributed by atoms with E-state index in [4.69, 9.17) is 14.6 Å². The summed E-state index contributed by atoms with van der Waals surface area (Å²) >= 11 is 0. The molecule has 0 fully saturated rings. The molecule has 0 bridgehead atoms. The number of hydrogen-bond donors (Lipinski definition) is 3.